The van der Waals surface area contributed by atoms with Gasteiger partial charge in [0.15, 0.2) is 0 Å². The maximum Gasteiger partial charge on any atom is 0.0846 e. The average Bonchev–Trinajstić information content (AvgIpc) is 2.57. The summed E-state index contributed by atoms with van der Waals surface area (Å²) in [6, 6.07) is 1.94. The fourth-order valence-electron chi connectivity index (χ4n) is 1.53. The lowest BCUT2D eigenvalue weighted by atomic mass is 10.1. The minimum atomic E-state index is 0.202. The van der Waals surface area contributed by atoms with E-state index >= 15 is 0 Å². The smallest absolute Gasteiger partial charge is 0.0846 e. The van der Waals surface area contributed by atoms with Crippen LogP contribution < -0.4 is 5.73 Å². The number of ether oxygens (including phenoxy) is 1. The predicted molar refractivity (Wildman–Crippen MR) is 46.6 cm³/mol. The first-order valence-corrected chi connectivity index (χ1v) is 4.19. The number of rotatable bonds is 1. The third kappa shape index (κ3) is 1.28. The van der Waals surface area contributed by atoms with Crippen LogP contribution in [0, 0.1) is 0 Å². The normalized spacial score (nSPS) is 22.8. The van der Waals surface area contributed by atoms with Crippen molar-refractivity contribution in [1.82, 2.24) is 4.98 Å². The Morgan fingerprint density at radius 3 is 3.17 bits per heavy atom. The Kier molecular flexibility index (Phi) is 1.96. The lowest BCUT2D eigenvalue weighted by molar-refractivity contribution is 0.112. The monoisotopic (exact) mass is 164 g/mol. The highest BCUT2D eigenvalue weighted by molar-refractivity contribution is 5.45. The molecule has 0 amide bonds. The molecule has 1 aromatic heterocycles. The van der Waals surface area contributed by atoms with E-state index in [1.54, 1.807) is 12.4 Å². The molecular formula is C9H12N2O. The van der Waals surface area contributed by atoms with Crippen LogP contribution in [-0.2, 0) is 4.74 Å². The predicted octanol–water partition coefficient (Wildman–Crippen LogP) is 1.52. The van der Waals surface area contributed by atoms with Gasteiger partial charge in [0.1, 0.15) is 0 Å². The molecule has 64 valence electrons. The summed E-state index contributed by atoms with van der Waals surface area (Å²) in [7, 11) is 0. The molecule has 0 aliphatic carbocycles. The molecule has 1 aliphatic rings. The van der Waals surface area contributed by atoms with E-state index in [1.165, 1.54) is 0 Å². The Hall–Kier alpha value is -1.09. The van der Waals surface area contributed by atoms with E-state index in [4.69, 9.17) is 10.5 Å². The molecule has 1 aromatic rings. The van der Waals surface area contributed by atoms with Crippen molar-refractivity contribution >= 4 is 5.69 Å². The van der Waals surface area contributed by atoms with Crippen LogP contribution in [0.4, 0.5) is 5.69 Å². The molecule has 1 atom stereocenters. The fourth-order valence-corrected chi connectivity index (χ4v) is 1.53. The van der Waals surface area contributed by atoms with E-state index in [-0.39, 0.29) is 6.10 Å². The summed E-state index contributed by atoms with van der Waals surface area (Å²) >= 11 is 0. The number of nitrogens with zero attached hydrogens (tertiary/aromatic N) is 1. The van der Waals surface area contributed by atoms with Crippen LogP contribution in [0.3, 0.4) is 0 Å². The molecule has 1 fully saturated rings. The number of nitrogens with two attached hydrogens (primary N) is 1. The van der Waals surface area contributed by atoms with Gasteiger partial charge in [-0.3, -0.25) is 4.98 Å². The number of hydrogen-bond donors (Lipinski definition) is 1. The molecular weight excluding hydrogens is 152 g/mol. The lowest BCUT2D eigenvalue weighted by Gasteiger charge is -2.10. The number of aromatic nitrogens is 1. The molecule has 2 heterocycles. The minimum Gasteiger partial charge on any atom is -0.397 e. The van der Waals surface area contributed by atoms with Crippen molar-refractivity contribution in [3.63, 3.8) is 0 Å². The molecule has 2 N–H and O–H groups in total. The summed E-state index contributed by atoms with van der Waals surface area (Å²) in [5.41, 5.74) is 7.58. The second-order valence-corrected chi connectivity index (χ2v) is 3.01. The molecule has 12 heavy (non-hydrogen) atoms. The molecule has 0 bridgehead atoms. The van der Waals surface area contributed by atoms with Gasteiger partial charge in [-0.2, -0.15) is 0 Å². The molecule has 1 saturated heterocycles. The SMILES string of the molecule is Nc1cnccc1C1CCCO1. The molecule has 3 nitrogen and oxygen atoms in total. The van der Waals surface area contributed by atoms with Crippen LogP contribution in [0.15, 0.2) is 18.5 Å². The van der Waals surface area contributed by atoms with Crippen LogP contribution in [0.2, 0.25) is 0 Å². The zero-order valence-electron chi connectivity index (χ0n) is 6.86. The van der Waals surface area contributed by atoms with Crippen molar-refractivity contribution in [2.75, 3.05) is 12.3 Å². The fraction of sp³-hybridized carbons (Fsp3) is 0.444. The van der Waals surface area contributed by atoms with Crippen LogP contribution in [-0.4, -0.2) is 11.6 Å². The largest absolute Gasteiger partial charge is 0.397 e. The van der Waals surface area contributed by atoms with Crippen LogP contribution in [0.5, 0.6) is 0 Å². The molecule has 0 radical (unpaired) electrons. The highest BCUT2D eigenvalue weighted by Crippen LogP contribution is 2.31. The first-order valence-electron chi connectivity index (χ1n) is 4.19. The van der Waals surface area contributed by atoms with Gasteiger partial charge in [-0.25, -0.2) is 0 Å². The number of anilines is 1. The average molecular weight is 164 g/mol. The van der Waals surface area contributed by atoms with Crippen LogP contribution in [0.1, 0.15) is 24.5 Å². The highest BCUT2D eigenvalue weighted by Gasteiger charge is 2.19. The molecule has 2 rings (SSSR count). The molecule has 3 heteroatoms. The standard InChI is InChI=1S/C9H12N2O/c10-8-6-11-4-3-7(8)9-2-1-5-12-9/h3-4,6,9H,1-2,5,10H2. The lowest BCUT2D eigenvalue weighted by Crippen LogP contribution is -2.01. The van der Waals surface area contributed by atoms with E-state index in [0.29, 0.717) is 0 Å². The maximum absolute atomic E-state index is 5.76. The summed E-state index contributed by atoms with van der Waals surface area (Å²) in [5.74, 6) is 0. The van der Waals surface area contributed by atoms with Gasteiger partial charge < -0.3 is 10.5 Å². The number of hydrogen-bond acceptors (Lipinski definition) is 3. The van der Waals surface area contributed by atoms with Gasteiger partial charge in [0.2, 0.25) is 0 Å². The Bertz CT molecular complexity index is 269. The van der Waals surface area contributed by atoms with E-state index in [2.05, 4.69) is 4.98 Å². The summed E-state index contributed by atoms with van der Waals surface area (Å²) in [6.45, 7) is 0.854. The van der Waals surface area contributed by atoms with Gasteiger partial charge in [0.25, 0.3) is 0 Å². The maximum atomic E-state index is 5.76. The summed E-state index contributed by atoms with van der Waals surface area (Å²) in [6.07, 6.45) is 5.85. The van der Waals surface area contributed by atoms with Crippen molar-refractivity contribution in [1.29, 1.82) is 0 Å². The van der Waals surface area contributed by atoms with E-state index in [1.807, 2.05) is 6.07 Å². The van der Waals surface area contributed by atoms with Gasteiger partial charge in [-0.05, 0) is 18.9 Å². The summed E-state index contributed by atoms with van der Waals surface area (Å²) < 4.78 is 5.51. The Balaban J connectivity index is 2.26. The van der Waals surface area contributed by atoms with Crippen molar-refractivity contribution in [2.45, 2.75) is 18.9 Å². The van der Waals surface area contributed by atoms with E-state index in [0.717, 1.165) is 30.7 Å². The van der Waals surface area contributed by atoms with Gasteiger partial charge >= 0.3 is 0 Å². The third-order valence-corrected chi connectivity index (χ3v) is 2.16. The Morgan fingerprint density at radius 2 is 2.50 bits per heavy atom. The first kappa shape index (κ1) is 7.55. The van der Waals surface area contributed by atoms with Crippen molar-refractivity contribution < 1.29 is 4.74 Å². The van der Waals surface area contributed by atoms with E-state index < -0.39 is 0 Å². The molecule has 0 saturated carbocycles. The number of pyridine rings is 1. The molecule has 1 aliphatic heterocycles. The van der Waals surface area contributed by atoms with Crippen molar-refractivity contribution in [2.24, 2.45) is 0 Å². The van der Waals surface area contributed by atoms with Crippen molar-refractivity contribution in [3.05, 3.63) is 24.0 Å². The second kappa shape index (κ2) is 3.11. The minimum absolute atomic E-state index is 0.202. The quantitative estimate of drug-likeness (QED) is 0.684. The van der Waals surface area contributed by atoms with Gasteiger partial charge in [-0.15, -0.1) is 0 Å². The zero-order chi connectivity index (χ0) is 8.39. The van der Waals surface area contributed by atoms with Gasteiger partial charge in [0.05, 0.1) is 18.0 Å². The topological polar surface area (TPSA) is 48.1 Å². The Morgan fingerprint density at radius 1 is 1.58 bits per heavy atom. The van der Waals surface area contributed by atoms with Gasteiger partial charge in [0, 0.05) is 18.4 Å². The molecule has 1 unspecified atom stereocenters. The van der Waals surface area contributed by atoms with Crippen LogP contribution in [0.25, 0.3) is 0 Å². The first-order chi connectivity index (χ1) is 5.88. The Labute approximate surface area is 71.6 Å². The third-order valence-electron chi connectivity index (χ3n) is 2.16. The highest BCUT2D eigenvalue weighted by atomic mass is 16.5. The second-order valence-electron chi connectivity index (χ2n) is 3.01. The van der Waals surface area contributed by atoms with Crippen LogP contribution >= 0.6 is 0 Å². The molecule has 0 spiro atoms. The van der Waals surface area contributed by atoms with Gasteiger partial charge in [-0.1, -0.05) is 0 Å². The number of nitrogen functional groups attached to an aromatic ring is 1. The van der Waals surface area contributed by atoms with E-state index in [9.17, 15) is 0 Å². The molecule has 0 aromatic carbocycles. The summed E-state index contributed by atoms with van der Waals surface area (Å²) in [4.78, 5) is 3.94. The van der Waals surface area contributed by atoms with Crippen molar-refractivity contribution in [3.8, 4) is 0 Å². The zero-order valence-corrected chi connectivity index (χ0v) is 6.86. The summed E-state index contributed by atoms with van der Waals surface area (Å²) in [5, 5.41) is 0.